The lowest BCUT2D eigenvalue weighted by atomic mass is 10.5. The Kier molecular flexibility index (Phi) is 2.91. The maximum atomic E-state index is 11.6. The Morgan fingerprint density at radius 2 is 2.38 bits per heavy atom. The first-order valence-corrected chi connectivity index (χ1v) is 5.60. The van der Waals surface area contributed by atoms with Crippen molar-refractivity contribution in [2.24, 2.45) is 0 Å². The molecular formula is C10H10BrN3O2. The molecule has 0 bridgehead atoms. The minimum atomic E-state index is -0.433. The van der Waals surface area contributed by atoms with Crippen LogP contribution in [0.15, 0.2) is 17.0 Å². The van der Waals surface area contributed by atoms with Gasteiger partial charge < -0.3 is 4.74 Å². The van der Waals surface area contributed by atoms with Gasteiger partial charge in [0.2, 0.25) is 0 Å². The zero-order valence-corrected chi connectivity index (χ0v) is 10.5. The van der Waals surface area contributed by atoms with Crippen molar-refractivity contribution in [3.05, 3.63) is 28.4 Å². The van der Waals surface area contributed by atoms with Crippen molar-refractivity contribution in [1.82, 2.24) is 14.4 Å². The second-order valence-electron chi connectivity index (χ2n) is 3.18. The summed E-state index contributed by atoms with van der Waals surface area (Å²) in [5, 5.41) is 0. The fourth-order valence-electron chi connectivity index (χ4n) is 1.40. The Morgan fingerprint density at radius 1 is 1.62 bits per heavy atom. The number of nitrogens with zero attached hydrogens (tertiary/aromatic N) is 3. The largest absolute Gasteiger partial charge is 0.461 e. The van der Waals surface area contributed by atoms with Crippen molar-refractivity contribution in [3.63, 3.8) is 0 Å². The van der Waals surface area contributed by atoms with Crippen molar-refractivity contribution in [3.8, 4) is 0 Å². The lowest BCUT2D eigenvalue weighted by Crippen LogP contribution is -2.05. The van der Waals surface area contributed by atoms with Gasteiger partial charge in [0.1, 0.15) is 4.60 Å². The van der Waals surface area contributed by atoms with Crippen LogP contribution in [0.3, 0.4) is 0 Å². The third kappa shape index (κ3) is 1.69. The number of carbonyl (C=O) groups excluding carboxylic acids is 1. The van der Waals surface area contributed by atoms with E-state index in [1.807, 2.05) is 6.92 Å². The summed E-state index contributed by atoms with van der Waals surface area (Å²) in [5.74, 6) is -0.433. The van der Waals surface area contributed by atoms with Gasteiger partial charge in [-0.3, -0.25) is 9.38 Å². The number of hydrogen-bond acceptors (Lipinski definition) is 4. The molecule has 0 saturated heterocycles. The highest BCUT2D eigenvalue weighted by molar-refractivity contribution is 9.10. The zero-order valence-electron chi connectivity index (χ0n) is 8.90. The van der Waals surface area contributed by atoms with E-state index in [1.165, 1.54) is 0 Å². The minimum Gasteiger partial charge on any atom is -0.461 e. The molecule has 0 amide bonds. The Balaban J connectivity index is 2.60. The molecule has 2 heterocycles. The van der Waals surface area contributed by atoms with Crippen molar-refractivity contribution >= 4 is 27.5 Å². The van der Waals surface area contributed by atoms with E-state index < -0.39 is 5.97 Å². The van der Waals surface area contributed by atoms with Crippen LogP contribution < -0.4 is 0 Å². The molecule has 0 atom stereocenters. The fourth-order valence-corrected chi connectivity index (χ4v) is 1.94. The van der Waals surface area contributed by atoms with Gasteiger partial charge in [-0.15, -0.1) is 0 Å². The summed E-state index contributed by atoms with van der Waals surface area (Å²) in [5.41, 5.74) is 1.69. The minimum absolute atomic E-state index is 0.276. The van der Waals surface area contributed by atoms with Gasteiger partial charge in [-0.25, -0.2) is 9.78 Å². The zero-order chi connectivity index (χ0) is 11.7. The number of rotatable bonds is 2. The molecule has 6 heteroatoms. The average Bonchev–Trinajstić information content (AvgIpc) is 2.59. The van der Waals surface area contributed by atoms with Crippen LogP contribution in [0.4, 0.5) is 0 Å². The molecule has 0 unspecified atom stereocenters. The van der Waals surface area contributed by atoms with Crippen LogP contribution in [0.5, 0.6) is 0 Å². The Bertz CT molecular complexity index is 550. The quantitative estimate of drug-likeness (QED) is 0.791. The van der Waals surface area contributed by atoms with Crippen LogP contribution in [-0.2, 0) is 4.74 Å². The van der Waals surface area contributed by atoms with Crippen molar-refractivity contribution in [1.29, 1.82) is 0 Å². The molecule has 0 fully saturated rings. The Labute approximate surface area is 101 Å². The van der Waals surface area contributed by atoms with Gasteiger partial charge in [0.25, 0.3) is 0 Å². The van der Waals surface area contributed by atoms with E-state index in [9.17, 15) is 4.79 Å². The van der Waals surface area contributed by atoms with E-state index in [2.05, 4.69) is 25.9 Å². The highest BCUT2D eigenvalue weighted by atomic mass is 79.9. The lowest BCUT2D eigenvalue weighted by Gasteiger charge is -1.97. The lowest BCUT2D eigenvalue weighted by molar-refractivity contribution is 0.0519. The summed E-state index contributed by atoms with van der Waals surface area (Å²) < 4.78 is 7.26. The maximum Gasteiger partial charge on any atom is 0.359 e. The van der Waals surface area contributed by atoms with E-state index in [4.69, 9.17) is 4.74 Å². The predicted molar refractivity (Wildman–Crippen MR) is 61.4 cm³/mol. The van der Waals surface area contributed by atoms with Crippen LogP contribution in [0, 0.1) is 6.92 Å². The number of ether oxygens (including phenoxy) is 1. The second kappa shape index (κ2) is 4.21. The predicted octanol–water partition coefficient (Wildman–Crippen LogP) is 1.98. The van der Waals surface area contributed by atoms with Crippen LogP contribution >= 0.6 is 15.9 Å². The van der Waals surface area contributed by atoms with Gasteiger partial charge in [0.15, 0.2) is 11.3 Å². The first kappa shape index (κ1) is 11.1. The Hall–Kier alpha value is -1.43. The van der Waals surface area contributed by atoms with Gasteiger partial charge >= 0.3 is 5.97 Å². The molecule has 5 nitrogen and oxygen atoms in total. The van der Waals surface area contributed by atoms with Gasteiger partial charge in [-0.2, -0.15) is 0 Å². The van der Waals surface area contributed by atoms with Crippen molar-refractivity contribution in [2.45, 2.75) is 13.8 Å². The van der Waals surface area contributed by atoms with Crippen LogP contribution in [0.25, 0.3) is 5.65 Å². The van der Waals surface area contributed by atoms with E-state index in [0.29, 0.717) is 16.9 Å². The number of aromatic nitrogens is 3. The molecule has 16 heavy (non-hydrogen) atoms. The monoisotopic (exact) mass is 283 g/mol. The number of aryl methyl sites for hydroxylation is 1. The van der Waals surface area contributed by atoms with E-state index in [0.717, 1.165) is 5.69 Å². The molecule has 0 aliphatic heterocycles. The summed E-state index contributed by atoms with van der Waals surface area (Å²) in [4.78, 5) is 19.9. The second-order valence-corrected chi connectivity index (χ2v) is 3.93. The standard InChI is InChI=1S/C10H10BrN3O2/c1-3-16-10(15)7-8(11)14-5-4-12-6(2)9(14)13-7/h4-5H,3H2,1-2H3. The average molecular weight is 284 g/mol. The molecule has 2 rings (SSSR count). The normalized spacial score (nSPS) is 10.7. The molecule has 0 N–H and O–H groups in total. The number of esters is 1. The van der Waals surface area contributed by atoms with E-state index in [-0.39, 0.29) is 5.69 Å². The summed E-state index contributed by atoms with van der Waals surface area (Å²) in [6.07, 6.45) is 3.39. The van der Waals surface area contributed by atoms with Gasteiger partial charge in [-0.05, 0) is 29.8 Å². The molecule has 0 aliphatic carbocycles. The molecule has 0 spiro atoms. The number of hydrogen-bond donors (Lipinski definition) is 0. The Morgan fingerprint density at radius 3 is 3.00 bits per heavy atom. The number of carbonyl (C=O) groups is 1. The van der Waals surface area contributed by atoms with Crippen LogP contribution in [0.2, 0.25) is 0 Å². The maximum absolute atomic E-state index is 11.6. The summed E-state index contributed by atoms with van der Waals surface area (Å²) in [6, 6.07) is 0. The molecule has 0 saturated carbocycles. The molecule has 0 radical (unpaired) electrons. The fraction of sp³-hybridized carbons (Fsp3) is 0.300. The number of halogens is 1. The van der Waals surface area contributed by atoms with Gasteiger partial charge in [0.05, 0.1) is 12.3 Å². The van der Waals surface area contributed by atoms with Crippen LogP contribution in [-0.4, -0.2) is 26.9 Å². The third-order valence-electron chi connectivity index (χ3n) is 2.13. The first-order chi connectivity index (χ1) is 7.65. The highest BCUT2D eigenvalue weighted by Gasteiger charge is 2.18. The molecule has 2 aromatic rings. The van der Waals surface area contributed by atoms with Crippen molar-refractivity contribution in [2.75, 3.05) is 6.61 Å². The molecular weight excluding hydrogens is 274 g/mol. The van der Waals surface area contributed by atoms with Gasteiger partial charge in [-0.1, -0.05) is 0 Å². The van der Waals surface area contributed by atoms with E-state index in [1.54, 1.807) is 23.7 Å². The van der Waals surface area contributed by atoms with Crippen LogP contribution in [0.1, 0.15) is 23.1 Å². The molecule has 2 aromatic heterocycles. The smallest absolute Gasteiger partial charge is 0.359 e. The van der Waals surface area contributed by atoms with Crippen molar-refractivity contribution < 1.29 is 9.53 Å². The molecule has 0 aliphatic rings. The molecule has 84 valence electrons. The highest BCUT2D eigenvalue weighted by Crippen LogP contribution is 2.20. The first-order valence-electron chi connectivity index (χ1n) is 4.81. The topological polar surface area (TPSA) is 56.5 Å². The van der Waals surface area contributed by atoms with E-state index >= 15 is 0 Å². The summed E-state index contributed by atoms with van der Waals surface area (Å²) in [6.45, 7) is 3.93. The SMILES string of the molecule is CCOC(=O)c1nc2c(C)nccn2c1Br. The third-order valence-corrected chi connectivity index (χ3v) is 2.89. The summed E-state index contributed by atoms with van der Waals surface area (Å²) >= 11 is 3.33. The van der Waals surface area contributed by atoms with Gasteiger partial charge in [0, 0.05) is 12.4 Å². The summed E-state index contributed by atoms with van der Waals surface area (Å²) in [7, 11) is 0. The number of imidazole rings is 1. The number of fused-ring (bicyclic) bond motifs is 1. The molecule has 0 aromatic carbocycles.